The second-order valence-electron chi connectivity index (χ2n) is 7.32. The highest BCUT2D eigenvalue weighted by atomic mass is 15.2. The van der Waals surface area contributed by atoms with Crippen LogP contribution in [0.5, 0.6) is 0 Å². The number of hydrogen-bond donors (Lipinski definition) is 0. The minimum absolute atomic E-state index is 0.894. The first-order valence-corrected chi connectivity index (χ1v) is 9.46. The van der Waals surface area contributed by atoms with Crippen LogP contribution in [0.3, 0.4) is 0 Å². The molecule has 0 radical (unpaired) electrons. The lowest BCUT2D eigenvalue weighted by Crippen LogP contribution is -2.00. The summed E-state index contributed by atoms with van der Waals surface area (Å²) in [7, 11) is 0. The monoisotopic (exact) mass is 362 g/mol. The van der Waals surface area contributed by atoms with Gasteiger partial charge in [0.25, 0.3) is 0 Å². The third-order valence-electron chi connectivity index (χ3n) is 5.63. The summed E-state index contributed by atoms with van der Waals surface area (Å²) in [5, 5.41) is 1.12. The van der Waals surface area contributed by atoms with Crippen LogP contribution in [0.1, 0.15) is 11.1 Å². The molecule has 28 heavy (non-hydrogen) atoms. The lowest BCUT2D eigenvalue weighted by atomic mass is 10.0. The van der Waals surface area contributed by atoms with E-state index in [0.29, 0.717) is 0 Å². The third kappa shape index (κ3) is 1.89. The van der Waals surface area contributed by atoms with E-state index >= 15 is 0 Å². The fraction of sp³-hybridized carbons (Fsp3) is 0.0833. The van der Waals surface area contributed by atoms with Gasteiger partial charge in [0.1, 0.15) is 5.65 Å². The Bertz CT molecular complexity index is 1510. The Morgan fingerprint density at radius 1 is 0.714 bits per heavy atom. The van der Waals surface area contributed by atoms with Crippen LogP contribution in [0, 0.1) is 13.8 Å². The highest BCUT2D eigenvalue weighted by Crippen LogP contribution is 2.33. The Labute approximate surface area is 161 Å². The van der Waals surface area contributed by atoms with Gasteiger partial charge >= 0.3 is 0 Å². The average molecular weight is 362 g/mol. The smallest absolute Gasteiger partial charge is 0.221 e. The van der Waals surface area contributed by atoms with Gasteiger partial charge in [0, 0.05) is 10.9 Å². The summed E-state index contributed by atoms with van der Waals surface area (Å²) >= 11 is 0. The van der Waals surface area contributed by atoms with Crippen molar-refractivity contribution < 1.29 is 0 Å². The number of nitrogens with zero attached hydrogens (tertiary/aromatic N) is 4. The zero-order valence-corrected chi connectivity index (χ0v) is 15.7. The molecule has 6 aromatic rings. The molecule has 0 aliphatic carbocycles. The summed E-state index contributed by atoms with van der Waals surface area (Å²) in [6.45, 7) is 4.31. The fourth-order valence-electron chi connectivity index (χ4n) is 4.40. The van der Waals surface area contributed by atoms with E-state index in [1.807, 2.05) is 12.3 Å². The van der Waals surface area contributed by atoms with Gasteiger partial charge in [-0.3, -0.25) is 8.80 Å². The molecule has 0 spiro atoms. The molecule has 134 valence electrons. The highest BCUT2D eigenvalue weighted by Gasteiger charge is 2.19. The van der Waals surface area contributed by atoms with Crippen LogP contribution >= 0.6 is 0 Å². The molecular weight excluding hydrogens is 344 g/mol. The summed E-state index contributed by atoms with van der Waals surface area (Å²) in [6, 6.07) is 23.1. The van der Waals surface area contributed by atoms with Crippen LogP contribution in [0.2, 0.25) is 0 Å². The minimum atomic E-state index is 0.894. The SMILES string of the molecule is Cc1cccc(C)c1-c1cnc2c3ccccc3n3c4ccccc4nc3n12. The van der Waals surface area contributed by atoms with Gasteiger partial charge in [0.05, 0.1) is 28.4 Å². The first kappa shape index (κ1) is 15.4. The summed E-state index contributed by atoms with van der Waals surface area (Å²) in [4.78, 5) is 9.83. The van der Waals surface area contributed by atoms with Crippen LogP contribution in [-0.4, -0.2) is 18.8 Å². The predicted octanol–water partition coefficient (Wildman–Crippen LogP) is 5.57. The number of aryl methyl sites for hydroxylation is 2. The van der Waals surface area contributed by atoms with Crippen molar-refractivity contribution in [2.75, 3.05) is 0 Å². The van der Waals surface area contributed by atoms with Gasteiger partial charge in [-0.2, -0.15) is 0 Å². The van der Waals surface area contributed by atoms with Crippen molar-refractivity contribution in [1.29, 1.82) is 0 Å². The van der Waals surface area contributed by atoms with Crippen LogP contribution in [0.4, 0.5) is 0 Å². The zero-order chi connectivity index (χ0) is 18.8. The van der Waals surface area contributed by atoms with Gasteiger partial charge in [-0.25, -0.2) is 9.97 Å². The molecule has 0 unspecified atom stereocenters. The van der Waals surface area contributed by atoms with Gasteiger partial charge in [-0.15, -0.1) is 0 Å². The molecule has 3 aromatic heterocycles. The summed E-state index contributed by atoms with van der Waals surface area (Å²) in [5.41, 5.74) is 8.94. The maximum Gasteiger partial charge on any atom is 0.221 e. The van der Waals surface area contributed by atoms with E-state index in [4.69, 9.17) is 9.97 Å². The quantitative estimate of drug-likeness (QED) is 0.383. The highest BCUT2D eigenvalue weighted by molar-refractivity contribution is 5.98. The van der Waals surface area contributed by atoms with Gasteiger partial charge < -0.3 is 0 Å². The molecule has 0 saturated carbocycles. The lowest BCUT2D eigenvalue weighted by Gasteiger charge is -2.12. The van der Waals surface area contributed by atoms with Crippen molar-refractivity contribution >= 4 is 33.4 Å². The number of aromatic nitrogens is 4. The standard InChI is InChI=1S/C24H18N4/c1-15-8-7-9-16(2)22(15)21-14-25-23-17-10-3-5-12-19(17)27-20-13-6-4-11-18(20)26-24(27)28(21)23/h3-14H,1-2H3. The normalized spacial score (nSPS) is 11.9. The number of para-hydroxylation sites is 3. The first-order valence-electron chi connectivity index (χ1n) is 9.46. The predicted molar refractivity (Wildman–Crippen MR) is 114 cm³/mol. The average Bonchev–Trinajstić information content (AvgIpc) is 3.30. The van der Waals surface area contributed by atoms with Crippen LogP contribution in [0.25, 0.3) is 44.6 Å². The minimum Gasteiger partial charge on any atom is -0.277 e. The Morgan fingerprint density at radius 3 is 2.25 bits per heavy atom. The Balaban J connectivity index is 1.92. The summed E-state index contributed by atoms with van der Waals surface area (Å²) < 4.78 is 4.45. The molecule has 3 aromatic carbocycles. The molecule has 0 atom stereocenters. The molecule has 3 heterocycles. The van der Waals surface area contributed by atoms with Crippen molar-refractivity contribution in [2.45, 2.75) is 13.8 Å². The number of benzene rings is 3. The van der Waals surface area contributed by atoms with Crippen molar-refractivity contribution in [2.24, 2.45) is 0 Å². The van der Waals surface area contributed by atoms with E-state index in [0.717, 1.165) is 39.1 Å². The first-order chi connectivity index (χ1) is 13.7. The van der Waals surface area contributed by atoms with E-state index < -0.39 is 0 Å². The van der Waals surface area contributed by atoms with Gasteiger partial charge in [-0.1, -0.05) is 42.5 Å². The van der Waals surface area contributed by atoms with Crippen LogP contribution < -0.4 is 0 Å². The number of hydrogen-bond acceptors (Lipinski definition) is 2. The topological polar surface area (TPSA) is 34.6 Å². The van der Waals surface area contributed by atoms with Crippen molar-refractivity contribution in [3.05, 3.63) is 84.1 Å². The second-order valence-corrected chi connectivity index (χ2v) is 7.32. The molecule has 4 nitrogen and oxygen atoms in total. The number of fused-ring (bicyclic) bond motifs is 8. The van der Waals surface area contributed by atoms with Gasteiger partial charge in [0.15, 0.2) is 0 Å². The lowest BCUT2D eigenvalue weighted by molar-refractivity contribution is 1.12. The largest absolute Gasteiger partial charge is 0.277 e. The second kappa shape index (κ2) is 5.42. The van der Waals surface area contributed by atoms with Gasteiger partial charge in [-0.05, 0) is 49.2 Å². The molecule has 4 heteroatoms. The Hall–Kier alpha value is -3.66. The molecule has 0 fully saturated rings. The fourth-order valence-corrected chi connectivity index (χ4v) is 4.40. The molecule has 0 N–H and O–H groups in total. The maximum atomic E-state index is 5.00. The van der Waals surface area contributed by atoms with Crippen LogP contribution in [0.15, 0.2) is 72.9 Å². The summed E-state index contributed by atoms with van der Waals surface area (Å²) in [5.74, 6) is 0.894. The van der Waals surface area contributed by atoms with Gasteiger partial charge in [0.2, 0.25) is 5.78 Å². The van der Waals surface area contributed by atoms with Crippen molar-refractivity contribution in [3.63, 3.8) is 0 Å². The van der Waals surface area contributed by atoms with E-state index in [-0.39, 0.29) is 0 Å². The van der Waals surface area contributed by atoms with Crippen LogP contribution in [-0.2, 0) is 0 Å². The van der Waals surface area contributed by atoms with Crippen molar-refractivity contribution in [3.8, 4) is 11.3 Å². The number of rotatable bonds is 1. The molecule has 6 rings (SSSR count). The van der Waals surface area contributed by atoms with E-state index in [9.17, 15) is 0 Å². The Kier molecular flexibility index (Phi) is 2.98. The molecular formula is C24H18N4. The molecule has 0 aliphatic heterocycles. The Morgan fingerprint density at radius 2 is 1.43 bits per heavy atom. The third-order valence-corrected chi connectivity index (χ3v) is 5.63. The maximum absolute atomic E-state index is 5.00. The van der Waals surface area contributed by atoms with E-state index in [2.05, 4.69) is 83.3 Å². The molecule has 0 saturated heterocycles. The molecule has 0 bridgehead atoms. The van der Waals surface area contributed by atoms with E-state index in [1.165, 1.54) is 16.7 Å². The summed E-state index contributed by atoms with van der Waals surface area (Å²) in [6.07, 6.45) is 1.98. The zero-order valence-electron chi connectivity index (χ0n) is 15.7. The molecule has 0 amide bonds. The van der Waals surface area contributed by atoms with Crippen molar-refractivity contribution in [1.82, 2.24) is 18.8 Å². The number of imidazole rings is 2. The molecule has 0 aliphatic rings. The van der Waals surface area contributed by atoms with E-state index in [1.54, 1.807) is 0 Å².